The second-order valence-corrected chi connectivity index (χ2v) is 3.65. The van der Waals surface area contributed by atoms with E-state index in [0.29, 0.717) is 17.3 Å². The standard InChI is InChI=1S/C11H12N2O2S/c1-2-5-15-10-7-8(12-11(16)13-10)9-4-3-6-14-9/h3-4,6-7H,2,5H2,1H3,(H,12,13,16). The first-order valence-electron chi connectivity index (χ1n) is 5.07. The molecule has 0 saturated heterocycles. The Balaban J connectivity index is 2.33. The Morgan fingerprint density at radius 2 is 2.44 bits per heavy atom. The summed E-state index contributed by atoms with van der Waals surface area (Å²) in [6, 6.07) is 5.45. The quantitative estimate of drug-likeness (QED) is 0.828. The number of rotatable bonds is 4. The van der Waals surface area contributed by atoms with Crippen molar-refractivity contribution in [3.63, 3.8) is 0 Å². The Morgan fingerprint density at radius 1 is 1.56 bits per heavy atom. The smallest absolute Gasteiger partial charge is 0.218 e. The molecule has 0 amide bonds. The van der Waals surface area contributed by atoms with E-state index in [4.69, 9.17) is 21.4 Å². The molecule has 0 bridgehead atoms. The summed E-state index contributed by atoms with van der Waals surface area (Å²) >= 11 is 5.02. The molecule has 0 unspecified atom stereocenters. The molecule has 2 aromatic heterocycles. The summed E-state index contributed by atoms with van der Waals surface area (Å²) in [7, 11) is 0. The van der Waals surface area contributed by atoms with Gasteiger partial charge in [-0.15, -0.1) is 0 Å². The summed E-state index contributed by atoms with van der Waals surface area (Å²) in [6.07, 6.45) is 2.54. The predicted molar refractivity (Wildman–Crippen MR) is 62.9 cm³/mol. The highest BCUT2D eigenvalue weighted by Gasteiger charge is 2.04. The largest absolute Gasteiger partial charge is 0.478 e. The summed E-state index contributed by atoms with van der Waals surface area (Å²) in [5.74, 6) is 1.24. The number of hydrogen-bond acceptors (Lipinski definition) is 4. The molecule has 0 fully saturated rings. The summed E-state index contributed by atoms with van der Waals surface area (Å²) in [6.45, 7) is 2.67. The van der Waals surface area contributed by atoms with E-state index in [1.807, 2.05) is 19.1 Å². The SMILES string of the molecule is CCCOc1cc(-c2ccco2)[nH]c(=S)n1. The van der Waals surface area contributed by atoms with Gasteiger partial charge < -0.3 is 14.1 Å². The number of aromatic amines is 1. The molecule has 16 heavy (non-hydrogen) atoms. The van der Waals surface area contributed by atoms with Gasteiger partial charge in [0.1, 0.15) is 5.76 Å². The van der Waals surface area contributed by atoms with Crippen LogP contribution in [0.15, 0.2) is 28.9 Å². The normalized spacial score (nSPS) is 10.3. The van der Waals surface area contributed by atoms with Crippen molar-refractivity contribution in [3.05, 3.63) is 29.2 Å². The van der Waals surface area contributed by atoms with E-state index in [0.717, 1.165) is 17.9 Å². The monoisotopic (exact) mass is 236 g/mol. The van der Waals surface area contributed by atoms with Crippen LogP contribution in [0.4, 0.5) is 0 Å². The average Bonchev–Trinajstić information content (AvgIpc) is 2.79. The van der Waals surface area contributed by atoms with Gasteiger partial charge >= 0.3 is 0 Å². The highest BCUT2D eigenvalue weighted by molar-refractivity contribution is 7.71. The van der Waals surface area contributed by atoms with Crippen LogP contribution in [-0.2, 0) is 0 Å². The lowest BCUT2D eigenvalue weighted by molar-refractivity contribution is 0.304. The van der Waals surface area contributed by atoms with Crippen LogP contribution in [0.2, 0.25) is 0 Å². The minimum atomic E-state index is 0.389. The molecule has 2 heterocycles. The Hall–Kier alpha value is -1.62. The lowest BCUT2D eigenvalue weighted by atomic mass is 10.3. The molecule has 0 aromatic carbocycles. The fourth-order valence-electron chi connectivity index (χ4n) is 1.28. The summed E-state index contributed by atoms with van der Waals surface area (Å²) in [5.41, 5.74) is 0.774. The van der Waals surface area contributed by atoms with Gasteiger partial charge in [0, 0.05) is 6.07 Å². The zero-order valence-corrected chi connectivity index (χ0v) is 9.71. The van der Waals surface area contributed by atoms with E-state index in [-0.39, 0.29) is 0 Å². The van der Waals surface area contributed by atoms with Crippen molar-refractivity contribution in [2.75, 3.05) is 6.61 Å². The van der Waals surface area contributed by atoms with Crippen molar-refractivity contribution in [3.8, 4) is 17.3 Å². The third kappa shape index (κ3) is 2.49. The Morgan fingerprint density at radius 3 is 3.12 bits per heavy atom. The summed E-state index contributed by atoms with van der Waals surface area (Å²) < 4.78 is 11.1. The van der Waals surface area contributed by atoms with E-state index in [2.05, 4.69) is 9.97 Å². The maximum atomic E-state index is 5.44. The van der Waals surface area contributed by atoms with Crippen molar-refractivity contribution in [2.24, 2.45) is 0 Å². The number of nitrogens with zero attached hydrogens (tertiary/aromatic N) is 1. The first-order chi connectivity index (χ1) is 7.79. The molecule has 0 aliphatic carbocycles. The molecule has 0 spiro atoms. The van der Waals surface area contributed by atoms with Crippen molar-refractivity contribution in [1.82, 2.24) is 9.97 Å². The predicted octanol–water partition coefficient (Wildman–Crippen LogP) is 3.19. The molecule has 2 aromatic rings. The number of furan rings is 1. The van der Waals surface area contributed by atoms with Crippen LogP contribution in [-0.4, -0.2) is 16.6 Å². The van der Waals surface area contributed by atoms with Gasteiger partial charge in [-0.25, -0.2) is 0 Å². The molecule has 0 saturated carbocycles. The van der Waals surface area contributed by atoms with Gasteiger partial charge in [-0.2, -0.15) is 4.98 Å². The van der Waals surface area contributed by atoms with Crippen molar-refractivity contribution >= 4 is 12.2 Å². The van der Waals surface area contributed by atoms with E-state index >= 15 is 0 Å². The second kappa shape index (κ2) is 4.94. The molecule has 0 atom stereocenters. The third-order valence-corrected chi connectivity index (χ3v) is 2.16. The van der Waals surface area contributed by atoms with Crippen molar-refractivity contribution in [2.45, 2.75) is 13.3 Å². The highest BCUT2D eigenvalue weighted by Crippen LogP contribution is 2.20. The van der Waals surface area contributed by atoms with Gasteiger partial charge in [0.05, 0.1) is 18.6 Å². The highest BCUT2D eigenvalue weighted by atomic mass is 32.1. The molecule has 0 aliphatic rings. The van der Waals surface area contributed by atoms with Gasteiger partial charge in [-0.05, 0) is 30.8 Å². The number of hydrogen-bond donors (Lipinski definition) is 1. The second-order valence-electron chi connectivity index (χ2n) is 3.26. The van der Waals surface area contributed by atoms with Crippen LogP contribution < -0.4 is 4.74 Å². The molecule has 0 aliphatic heterocycles. The average molecular weight is 236 g/mol. The lowest BCUT2D eigenvalue weighted by Gasteiger charge is -2.04. The van der Waals surface area contributed by atoms with Gasteiger partial charge in [-0.1, -0.05) is 6.92 Å². The Bertz CT molecular complexity index is 505. The number of nitrogens with one attached hydrogen (secondary N) is 1. The molecule has 0 radical (unpaired) electrons. The van der Waals surface area contributed by atoms with E-state index in [9.17, 15) is 0 Å². The van der Waals surface area contributed by atoms with Crippen LogP contribution in [0.25, 0.3) is 11.5 Å². The summed E-state index contributed by atoms with van der Waals surface area (Å²) in [4.78, 5) is 7.03. The zero-order valence-electron chi connectivity index (χ0n) is 8.90. The van der Waals surface area contributed by atoms with E-state index in [1.165, 1.54) is 0 Å². The first kappa shape index (κ1) is 10.9. The number of H-pyrrole nitrogens is 1. The fourth-order valence-corrected chi connectivity index (χ4v) is 1.48. The molecule has 4 nitrogen and oxygen atoms in total. The molecule has 2 rings (SSSR count). The van der Waals surface area contributed by atoms with Crippen LogP contribution in [0.3, 0.4) is 0 Å². The Kier molecular flexibility index (Phi) is 3.36. The maximum absolute atomic E-state index is 5.44. The third-order valence-electron chi connectivity index (χ3n) is 1.96. The van der Waals surface area contributed by atoms with Crippen LogP contribution in [0.1, 0.15) is 13.3 Å². The number of ether oxygens (including phenoxy) is 1. The van der Waals surface area contributed by atoms with Gasteiger partial charge in [-0.3, -0.25) is 0 Å². The van der Waals surface area contributed by atoms with Crippen molar-refractivity contribution < 1.29 is 9.15 Å². The van der Waals surface area contributed by atoms with E-state index < -0.39 is 0 Å². The fraction of sp³-hybridized carbons (Fsp3) is 0.273. The van der Waals surface area contributed by atoms with Crippen LogP contribution in [0, 0.1) is 4.77 Å². The van der Waals surface area contributed by atoms with Crippen LogP contribution in [0.5, 0.6) is 5.88 Å². The molecular weight excluding hydrogens is 224 g/mol. The van der Waals surface area contributed by atoms with E-state index in [1.54, 1.807) is 12.3 Å². The minimum Gasteiger partial charge on any atom is -0.478 e. The van der Waals surface area contributed by atoms with Gasteiger partial charge in [0.15, 0.2) is 0 Å². The molecule has 84 valence electrons. The van der Waals surface area contributed by atoms with Crippen LogP contribution >= 0.6 is 12.2 Å². The maximum Gasteiger partial charge on any atom is 0.218 e. The number of aromatic nitrogens is 2. The minimum absolute atomic E-state index is 0.389. The molecule has 5 heteroatoms. The van der Waals surface area contributed by atoms with Gasteiger partial charge in [0.25, 0.3) is 0 Å². The van der Waals surface area contributed by atoms with Gasteiger partial charge in [0.2, 0.25) is 10.7 Å². The zero-order chi connectivity index (χ0) is 11.4. The lowest BCUT2D eigenvalue weighted by Crippen LogP contribution is -1.99. The summed E-state index contributed by atoms with van der Waals surface area (Å²) in [5, 5.41) is 0. The first-order valence-corrected chi connectivity index (χ1v) is 5.48. The van der Waals surface area contributed by atoms with Crippen molar-refractivity contribution in [1.29, 1.82) is 0 Å². The molecular formula is C11H12N2O2S. The molecule has 1 N–H and O–H groups in total. The Labute approximate surface area is 98.3 Å². The topological polar surface area (TPSA) is 51.0 Å².